The number of allylic oxidation sites excluding steroid dienone is 2. The van der Waals surface area contributed by atoms with E-state index in [9.17, 15) is 14.3 Å². The first-order valence-electron chi connectivity index (χ1n) is 7.70. The molecule has 4 heteroatoms. The number of hydrogen-bond donors (Lipinski definition) is 2. The lowest BCUT2D eigenvalue weighted by Crippen LogP contribution is -2.30. The van der Waals surface area contributed by atoms with Crippen molar-refractivity contribution in [1.82, 2.24) is 0 Å². The zero-order valence-corrected chi connectivity index (χ0v) is 12.4. The van der Waals surface area contributed by atoms with E-state index in [0.29, 0.717) is 11.3 Å². The largest absolute Gasteiger partial charge is 0.478 e. The topological polar surface area (TPSA) is 49.3 Å². The fourth-order valence-corrected chi connectivity index (χ4v) is 3.85. The molecule has 0 unspecified atom stereocenters. The lowest BCUT2D eigenvalue weighted by Gasteiger charge is -2.38. The maximum Gasteiger partial charge on any atom is 0.336 e. The highest BCUT2D eigenvalue weighted by Gasteiger charge is 2.39. The molecule has 1 aliphatic carbocycles. The second-order valence-corrected chi connectivity index (χ2v) is 6.07. The molecule has 1 aliphatic heterocycles. The van der Waals surface area contributed by atoms with E-state index in [2.05, 4.69) is 17.5 Å². The summed E-state index contributed by atoms with van der Waals surface area (Å²) in [6.07, 6.45) is 5.07. The van der Waals surface area contributed by atoms with Crippen molar-refractivity contribution >= 4 is 11.7 Å². The number of aromatic carboxylic acids is 1. The van der Waals surface area contributed by atoms with Gasteiger partial charge in [-0.1, -0.05) is 42.5 Å². The van der Waals surface area contributed by atoms with Gasteiger partial charge < -0.3 is 10.4 Å². The quantitative estimate of drug-likeness (QED) is 0.811. The van der Waals surface area contributed by atoms with Crippen LogP contribution in [0.1, 0.15) is 39.9 Å². The van der Waals surface area contributed by atoms with Crippen molar-refractivity contribution in [3.63, 3.8) is 0 Å². The van der Waals surface area contributed by atoms with Crippen LogP contribution in [0, 0.1) is 11.7 Å². The Morgan fingerprint density at radius 2 is 1.91 bits per heavy atom. The minimum absolute atomic E-state index is 0.119. The molecule has 2 aliphatic rings. The van der Waals surface area contributed by atoms with Gasteiger partial charge in [-0.05, 0) is 35.6 Å². The van der Waals surface area contributed by atoms with Crippen molar-refractivity contribution in [1.29, 1.82) is 0 Å². The molecule has 116 valence electrons. The number of anilines is 1. The first-order chi connectivity index (χ1) is 11.2. The summed E-state index contributed by atoms with van der Waals surface area (Å²) in [4.78, 5) is 11.6. The molecule has 23 heavy (non-hydrogen) atoms. The number of nitrogens with one attached hydrogen (secondary N) is 1. The van der Waals surface area contributed by atoms with Gasteiger partial charge in [0.2, 0.25) is 0 Å². The molecule has 0 radical (unpaired) electrons. The number of rotatable bonds is 2. The summed E-state index contributed by atoms with van der Waals surface area (Å²) in [6.45, 7) is 0. The Morgan fingerprint density at radius 3 is 2.74 bits per heavy atom. The Labute approximate surface area is 133 Å². The average Bonchev–Trinajstić information content (AvgIpc) is 3.04. The number of hydrogen-bond acceptors (Lipinski definition) is 2. The van der Waals surface area contributed by atoms with Gasteiger partial charge in [-0.25, -0.2) is 9.18 Å². The summed E-state index contributed by atoms with van der Waals surface area (Å²) in [5.74, 6) is -0.929. The summed E-state index contributed by atoms with van der Waals surface area (Å²) in [5.41, 5.74) is 2.43. The number of halogens is 1. The number of para-hydroxylation sites is 1. The average molecular weight is 309 g/mol. The highest BCUT2D eigenvalue weighted by atomic mass is 19.1. The molecule has 0 spiro atoms. The summed E-state index contributed by atoms with van der Waals surface area (Å²) >= 11 is 0. The molecule has 3 atom stereocenters. The van der Waals surface area contributed by atoms with E-state index in [1.54, 1.807) is 18.2 Å². The number of carboxylic acid groups (broad SMARTS) is 1. The van der Waals surface area contributed by atoms with Gasteiger partial charge in [0, 0.05) is 5.92 Å². The monoisotopic (exact) mass is 309 g/mol. The fourth-order valence-electron chi connectivity index (χ4n) is 3.85. The van der Waals surface area contributed by atoms with Crippen molar-refractivity contribution in [3.05, 3.63) is 77.1 Å². The molecule has 3 nitrogen and oxygen atoms in total. The molecule has 1 heterocycles. The van der Waals surface area contributed by atoms with Gasteiger partial charge in [-0.2, -0.15) is 0 Å². The molecule has 4 rings (SSSR count). The highest BCUT2D eigenvalue weighted by molar-refractivity contribution is 5.89. The van der Waals surface area contributed by atoms with Crippen LogP contribution in [0.2, 0.25) is 0 Å². The van der Waals surface area contributed by atoms with E-state index in [4.69, 9.17) is 0 Å². The summed E-state index contributed by atoms with van der Waals surface area (Å²) in [6, 6.07) is 11.9. The van der Waals surface area contributed by atoms with Gasteiger partial charge in [0.1, 0.15) is 5.82 Å². The van der Waals surface area contributed by atoms with Crippen molar-refractivity contribution in [2.45, 2.75) is 18.4 Å². The zero-order valence-electron chi connectivity index (χ0n) is 12.4. The maximum absolute atomic E-state index is 14.3. The third kappa shape index (κ3) is 2.13. The first kappa shape index (κ1) is 14.0. The van der Waals surface area contributed by atoms with Crippen molar-refractivity contribution in [2.75, 3.05) is 5.32 Å². The molecule has 0 saturated heterocycles. The van der Waals surface area contributed by atoms with Gasteiger partial charge in [0.05, 0.1) is 17.3 Å². The predicted molar refractivity (Wildman–Crippen MR) is 86.2 cm³/mol. The number of carbonyl (C=O) groups is 1. The van der Waals surface area contributed by atoms with E-state index >= 15 is 0 Å². The van der Waals surface area contributed by atoms with Crippen LogP contribution in [0.4, 0.5) is 10.1 Å². The lowest BCUT2D eigenvalue weighted by atomic mass is 9.76. The maximum atomic E-state index is 14.3. The fraction of sp³-hybridized carbons (Fsp3) is 0.211. The molecule has 2 aromatic rings. The molecule has 0 saturated carbocycles. The van der Waals surface area contributed by atoms with E-state index in [1.807, 2.05) is 18.2 Å². The third-order valence-corrected chi connectivity index (χ3v) is 4.87. The molecular weight excluding hydrogens is 293 g/mol. The van der Waals surface area contributed by atoms with E-state index < -0.39 is 5.97 Å². The summed E-state index contributed by atoms with van der Waals surface area (Å²) < 4.78 is 14.3. The first-order valence-corrected chi connectivity index (χ1v) is 7.70. The van der Waals surface area contributed by atoms with Crippen LogP contribution in [0.5, 0.6) is 0 Å². The molecule has 0 fully saturated rings. The van der Waals surface area contributed by atoms with Gasteiger partial charge in [-0.3, -0.25) is 0 Å². The molecule has 0 amide bonds. The van der Waals surface area contributed by atoms with Crippen molar-refractivity contribution < 1.29 is 14.3 Å². The normalized spacial score (nSPS) is 24.7. The molecule has 0 aromatic heterocycles. The van der Waals surface area contributed by atoms with E-state index in [-0.39, 0.29) is 29.3 Å². The number of benzene rings is 2. The second kappa shape index (κ2) is 5.23. The molecule has 2 N–H and O–H groups in total. The molecule has 0 bridgehead atoms. The van der Waals surface area contributed by atoms with Crippen molar-refractivity contribution in [3.8, 4) is 0 Å². The van der Waals surface area contributed by atoms with Crippen LogP contribution in [0.3, 0.4) is 0 Å². The minimum atomic E-state index is -0.954. The van der Waals surface area contributed by atoms with Crippen LogP contribution >= 0.6 is 0 Å². The van der Waals surface area contributed by atoms with Crippen LogP contribution < -0.4 is 5.32 Å². The Balaban J connectivity index is 1.86. The summed E-state index contributed by atoms with van der Waals surface area (Å²) in [7, 11) is 0. The standard InChI is InChI=1S/C19H16FNO2/c20-16-10-4-9-13-11-7-3-8-12(11)17(21-18(13)16)14-5-1-2-6-15(14)19(22)23/h1-7,9-12,17,21H,8H2,(H,22,23)/t11-,12+,17-/m1/s1. The number of fused-ring (bicyclic) bond motifs is 3. The van der Waals surface area contributed by atoms with Gasteiger partial charge in [0.15, 0.2) is 0 Å². The Bertz CT molecular complexity index is 815. The Kier molecular flexibility index (Phi) is 3.18. The predicted octanol–water partition coefficient (Wildman–Crippen LogP) is 4.35. The minimum Gasteiger partial charge on any atom is -0.478 e. The van der Waals surface area contributed by atoms with Crippen LogP contribution in [0.25, 0.3) is 0 Å². The lowest BCUT2D eigenvalue weighted by molar-refractivity contribution is 0.0694. The van der Waals surface area contributed by atoms with Gasteiger partial charge in [0.25, 0.3) is 0 Å². The Morgan fingerprint density at radius 1 is 1.13 bits per heavy atom. The van der Waals surface area contributed by atoms with Crippen LogP contribution in [-0.4, -0.2) is 11.1 Å². The smallest absolute Gasteiger partial charge is 0.336 e. The molecular formula is C19H16FNO2. The third-order valence-electron chi connectivity index (χ3n) is 4.87. The Hall–Kier alpha value is -2.62. The number of carboxylic acids is 1. The zero-order chi connectivity index (χ0) is 16.0. The van der Waals surface area contributed by atoms with E-state index in [1.165, 1.54) is 6.07 Å². The SMILES string of the molecule is O=C(O)c1ccccc1[C@@H]1Nc2c(F)cccc2[C@@H]2C=CC[C@@H]21. The summed E-state index contributed by atoms with van der Waals surface area (Å²) in [5, 5.41) is 12.7. The molecule has 2 aromatic carbocycles. The van der Waals surface area contributed by atoms with Crippen molar-refractivity contribution in [2.24, 2.45) is 5.92 Å². The highest BCUT2D eigenvalue weighted by Crippen LogP contribution is 2.50. The van der Waals surface area contributed by atoms with Gasteiger partial charge >= 0.3 is 5.97 Å². The van der Waals surface area contributed by atoms with Crippen LogP contribution in [-0.2, 0) is 0 Å². The van der Waals surface area contributed by atoms with E-state index in [0.717, 1.165) is 12.0 Å². The second-order valence-electron chi connectivity index (χ2n) is 6.07. The van der Waals surface area contributed by atoms with Crippen LogP contribution in [0.15, 0.2) is 54.6 Å². The van der Waals surface area contributed by atoms with Gasteiger partial charge in [-0.15, -0.1) is 0 Å².